The Bertz CT molecular complexity index is 519. The third kappa shape index (κ3) is 5.19. The van der Waals surface area contributed by atoms with Crippen LogP contribution in [0.1, 0.15) is 19.4 Å². The number of benzene rings is 1. The Hall–Kier alpha value is -1.73. The molecule has 102 valence electrons. The summed E-state index contributed by atoms with van der Waals surface area (Å²) in [7, 11) is 0. The van der Waals surface area contributed by atoms with Crippen LogP contribution >= 0.6 is 23.8 Å². The molecule has 0 saturated carbocycles. The van der Waals surface area contributed by atoms with Gasteiger partial charge in [-0.2, -0.15) is 5.10 Å². The Morgan fingerprint density at radius 2 is 2.26 bits per heavy atom. The average Bonchev–Trinajstić information content (AvgIpc) is 2.30. The standard InChI is InChI=1S/C11H13ClN4O2S/c1-7(2)14-11(19)15-13-6-8-3-4-9(12)10(5-8)16(17)18/h3-7H,1-2H3,(H2,14,15,19)/b13-6+. The van der Waals surface area contributed by atoms with Crippen molar-refractivity contribution in [1.82, 2.24) is 10.7 Å². The molecule has 0 aliphatic heterocycles. The van der Waals surface area contributed by atoms with Gasteiger partial charge in [-0.1, -0.05) is 17.7 Å². The molecule has 2 N–H and O–H groups in total. The van der Waals surface area contributed by atoms with Crippen LogP contribution in [0.5, 0.6) is 0 Å². The molecule has 19 heavy (non-hydrogen) atoms. The molecule has 8 heteroatoms. The second-order valence-corrected chi connectivity index (χ2v) is 4.78. The van der Waals surface area contributed by atoms with E-state index in [1.165, 1.54) is 18.3 Å². The fourth-order valence-electron chi connectivity index (χ4n) is 1.21. The first-order chi connectivity index (χ1) is 8.90. The second kappa shape index (κ2) is 7.01. The van der Waals surface area contributed by atoms with Gasteiger partial charge in [0, 0.05) is 17.7 Å². The van der Waals surface area contributed by atoms with Crippen molar-refractivity contribution < 1.29 is 4.92 Å². The third-order valence-electron chi connectivity index (χ3n) is 1.97. The highest BCUT2D eigenvalue weighted by atomic mass is 35.5. The lowest BCUT2D eigenvalue weighted by Gasteiger charge is -2.09. The van der Waals surface area contributed by atoms with E-state index in [2.05, 4.69) is 15.8 Å². The van der Waals surface area contributed by atoms with E-state index in [-0.39, 0.29) is 16.8 Å². The molecule has 1 rings (SSSR count). The highest BCUT2D eigenvalue weighted by molar-refractivity contribution is 7.80. The first-order valence-electron chi connectivity index (χ1n) is 5.43. The maximum atomic E-state index is 10.7. The Balaban J connectivity index is 2.70. The predicted octanol–water partition coefficient (Wildman–Crippen LogP) is 2.45. The maximum Gasteiger partial charge on any atom is 0.288 e. The topological polar surface area (TPSA) is 79.6 Å². The first kappa shape index (κ1) is 15.3. The van der Waals surface area contributed by atoms with E-state index in [1.54, 1.807) is 6.07 Å². The summed E-state index contributed by atoms with van der Waals surface area (Å²) in [5, 5.41) is 18.0. The smallest absolute Gasteiger partial charge is 0.288 e. The van der Waals surface area contributed by atoms with E-state index >= 15 is 0 Å². The van der Waals surface area contributed by atoms with Crippen LogP contribution in [0.15, 0.2) is 23.3 Å². The van der Waals surface area contributed by atoms with Gasteiger partial charge in [0.2, 0.25) is 0 Å². The normalized spacial score (nSPS) is 10.7. The molecule has 0 radical (unpaired) electrons. The molecule has 0 aliphatic carbocycles. The second-order valence-electron chi connectivity index (χ2n) is 3.97. The summed E-state index contributed by atoms with van der Waals surface area (Å²) in [5.74, 6) is 0. The molecule has 0 unspecified atom stereocenters. The molecule has 0 heterocycles. The van der Waals surface area contributed by atoms with Crippen LogP contribution in [0.3, 0.4) is 0 Å². The minimum Gasteiger partial charge on any atom is -0.359 e. The van der Waals surface area contributed by atoms with Crippen molar-refractivity contribution in [2.24, 2.45) is 5.10 Å². The Morgan fingerprint density at radius 3 is 2.84 bits per heavy atom. The lowest BCUT2D eigenvalue weighted by molar-refractivity contribution is -0.384. The van der Waals surface area contributed by atoms with Crippen LogP contribution in [-0.2, 0) is 0 Å². The molecule has 6 nitrogen and oxygen atoms in total. The van der Waals surface area contributed by atoms with Gasteiger partial charge in [-0.3, -0.25) is 15.5 Å². The minimum atomic E-state index is -0.544. The van der Waals surface area contributed by atoms with E-state index in [9.17, 15) is 10.1 Å². The van der Waals surface area contributed by atoms with Gasteiger partial charge in [0.05, 0.1) is 11.1 Å². The molecular formula is C11H13ClN4O2S. The molecule has 0 bridgehead atoms. The highest BCUT2D eigenvalue weighted by Crippen LogP contribution is 2.24. The van der Waals surface area contributed by atoms with Crippen molar-refractivity contribution in [3.63, 3.8) is 0 Å². The number of rotatable bonds is 4. The molecule has 0 amide bonds. The van der Waals surface area contributed by atoms with E-state index < -0.39 is 4.92 Å². The molecule has 0 aromatic heterocycles. The largest absolute Gasteiger partial charge is 0.359 e. The fraction of sp³-hybridized carbons (Fsp3) is 0.273. The van der Waals surface area contributed by atoms with Crippen molar-refractivity contribution >= 4 is 40.8 Å². The van der Waals surface area contributed by atoms with Crippen molar-refractivity contribution in [2.75, 3.05) is 0 Å². The molecule has 1 aromatic rings. The Kier molecular flexibility index (Phi) is 5.65. The van der Waals surface area contributed by atoms with E-state index in [0.29, 0.717) is 10.7 Å². The SMILES string of the molecule is CC(C)NC(=S)N/N=C/c1ccc(Cl)c([N+](=O)[O-])c1. The number of hydrogen-bond acceptors (Lipinski definition) is 4. The van der Waals surface area contributed by atoms with Crippen LogP contribution < -0.4 is 10.7 Å². The summed E-state index contributed by atoms with van der Waals surface area (Å²) in [5.41, 5.74) is 3.01. The minimum absolute atomic E-state index is 0.0899. The monoisotopic (exact) mass is 300 g/mol. The first-order valence-corrected chi connectivity index (χ1v) is 6.22. The Morgan fingerprint density at radius 1 is 1.58 bits per heavy atom. The van der Waals surface area contributed by atoms with Crippen LogP contribution in [0, 0.1) is 10.1 Å². The van der Waals surface area contributed by atoms with Gasteiger partial charge in [-0.15, -0.1) is 0 Å². The van der Waals surface area contributed by atoms with Gasteiger partial charge in [0.15, 0.2) is 5.11 Å². The molecule has 0 atom stereocenters. The average molecular weight is 301 g/mol. The number of nitrogens with zero attached hydrogens (tertiary/aromatic N) is 2. The molecule has 0 fully saturated rings. The number of thiocarbonyl (C=S) groups is 1. The lowest BCUT2D eigenvalue weighted by Crippen LogP contribution is -2.36. The Labute approximate surface area is 121 Å². The molecular weight excluding hydrogens is 288 g/mol. The van der Waals surface area contributed by atoms with Crippen LogP contribution in [0.25, 0.3) is 0 Å². The van der Waals surface area contributed by atoms with Crippen molar-refractivity contribution in [2.45, 2.75) is 19.9 Å². The number of halogens is 1. The van der Waals surface area contributed by atoms with Gasteiger partial charge >= 0.3 is 0 Å². The molecule has 1 aromatic carbocycles. The van der Waals surface area contributed by atoms with Crippen LogP contribution in [-0.4, -0.2) is 22.3 Å². The zero-order valence-corrected chi connectivity index (χ0v) is 12.0. The van der Waals surface area contributed by atoms with Gasteiger partial charge in [-0.25, -0.2) is 0 Å². The fourth-order valence-corrected chi connectivity index (χ4v) is 1.68. The summed E-state index contributed by atoms with van der Waals surface area (Å²) in [6.07, 6.45) is 1.43. The quantitative estimate of drug-likeness (QED) is 0.386. The summed E-state index contributed by atoms with van der Waals surface area (Å²) in [6, 6.07) is 4.62. The third-order valence-corrected chi connectivity index (χ3v) is 2.50. The van der Waals surface area contributed by atoms with Gasteiger partial charge in [0.25, 0.3) is 5.69 Å². The zero-order valence-electron chi connectivity index (χ0n) is 10.4. The van der Waals surface area contributed by atoms with E-state index in [1.807, 2.05) is 13.8 Å². The molecule has 0 saturated heterocycles. The predicted molar refractivity (Wildman–Crippen MR) is 79.7 cm³/mol. The zero-order chi connectivity index (χ0) is 14.4. The number of hydrogen-bond donors (Lipinski definition) is 2. The summed E-state index contributed by atoms with van der Waals surface area (Å²) >= 11 is 10.7. The lowest BCUT2D eigenvalue weighted by atomic mass is 10.2. The van der Waals surface area contributed by atoms with Crippen molar-refractivity contribution in [3.8, 4) is 0 Å². The van der Waals surface area contributed by atoms with Crippen LogP contribution in [0.4, 0.5) is 5.69 Å². The summed E-state index contributed by atoms with van der Waals surface area (Å²) in [6.45, 7) is 3.89. The molecule has 0 aliphatic rings. The maximum absolute atomic E-state index is 10.7. The van der Waals surface area contributed by atoms with Crippen molar-refractivity contribution in [1.29, 1.82) is 0 Å². The van der Waals surface area contributed by atoms with E-state index in [4.69, 9.17) is 23.8 Å². The van der Waals surface area contributed by atoms with Crippen LogP contribution in [0.2, 0.25) is 5.02 Å². The number of nitro groups is 1. The number of hydrazone groups is 1. The van der Waals surface area contributed by atoms with Gasteiger partial charge < -0.3 is 5.32 Å². The van der Waals surface area contributed by atoms with E-state index in [0.717, 1.165) is 0 Å². The highest BCUT2D eigenvalue weighted by Gasteiger charge is 2.11. The number of nitrogens with one attached hydrogen (secondary N) is 2. The van der Waals surface area contributed by atoms with Crippen molar-refractivity contribution in [3.05, 3.63) is 38.9 Å². The van der Waals surface area contributed by atoms with Gasteiger partial charge in [-0.05, 0) is 32.1 Å². The summed E-state index contributed by atoms with van der Waals surface area (Å²) < 4.78 is 0. The number of nitro benzene ring substituents is 1. The molecule has 0 spiro atoms. The van der Waals surface area contributed by atoms with Gasteiger partial charge in [0.1, 0.15) is 5.02 Å². The summed E-state index contributed by atoms with van der Waals surface area (Å²) in [4.78, 5) is 10.2.